The standard InChI is InChI=1S/C21H21ClN2O/c22-18-6-7-19-17(13-18)14-20(23-19)16-8-10-24(11-9-16)21(25)12-15-4-2-1-3-5-15/h1-7,13-14,16,23H,8-12H2. The lowest BCUT2D eigenvalue weighted by Gasteiger charge is -2.31. The highest BCUT2D eigenvalue weighted by Crippen LogP contribution is 2.31. The number of nitrogens with zero attached hydrogens (tertiary/aromatic N) is 1. The van der Waals surface area contributed by atoms with Gasteiger partial charge in [0.05, 0.1) is 6.42 Å². The molecule has 0 unspecified atom stereocenters. The van der Waals surface area contributed by atoms with E-state index in [1.165, 1.54) is 5.69 Å². The zero-order valence-electron chi connectivity index (χ0n) is 14.0. The molecule has 1 aliphatic rings. The van der Waals surface area contributed by atoms with Crippen LogP contribution in [-0.4, -0.2) is 28.9 Å². The van der Waals surface area contributed by atoms with Gasteiger partial charge >= 0.3 is 0 Å². The third-order valence-electron chi connectivity index (χ3n) is 5.09. The summed E-state index contributed by atoms with van der Waals surface area (Å²) in [5.41, 5.74) is 3.47. The van der Waals surface area contributed by atoms with Crippen molar-refractivity contribution < 1.29 is 4.79 Å². The second-order valence-electron chi connectivity index (χ2n) is 6.77. The van der Waals surface area contributed by atoms with Gasteiger partial charge in [-0.25, -0.2) is 0 Å². The number of fused-ring (bicyclic) bond motifs is 1. The Labute approximate surface area is 152 Å². The highest BCUT2D eigenvalue weighted by Gasteiger charge is 2.24. The fourth-order valence-electron chi connectivity index (χ4n) is 3.67. The molecule has 1 amide bonds. The normalized spacial score (nSPS) is 15.6. The van der Waals surface area contributed by atoms with Crippen LogP contribution in [0.15, 0.2) is 54.6 Å². The lowest BCUT2D eigenvalue weighted by Crippen LogP contribution is -2.38. The van der Waals surface area contributed by atoms with Crippen molar-refractivity contribution in [3.63, 3.8) is 0 Å². The van der Waals surface area contributed by atoms with Gasteiger partial charge in [-0.2, -0.15) is 0 Å². The number of carbonyl (C=O) groups excluding carboxylic acids is 1. The molecule has 3 nitrogen and oxygen atoms in total. The molecule has 1 saturated heterocycles. The zero-order chi connectivity index (χ0) is 17.2. The second kappa shape index (κ2) is 6.93. The van der Waals surface area contributed by atoms with Gasteiger partial charge in [-0.1, -0.05) is 41.9 Å². The number of halogens is 1. The van der Waals surface area contributed by atoms with Crippen molar-refractivity contribution in [2.24, 2.45) is 0 Å². The largest absolute Gasteiger partial charge is 0.358 e. The van der Waals surface area contributed by atoms with Gasteiger partial charge in [0.25, 0.3) is 0 Å². The van der Waals surface area contributed by atoms with E-state index >= 15 is 0 Å². The molecule has 4 rings (SSSR count). The lowest BCUT2D eigenvalue weighted by atomic mass is 9.93. The Kier molecular flexibility index (Phi) is 4.50. The molecule has 1 fully saturated rings. The SMILES string of the molecule is O=C(Cc1ccccc1)N1CCC(c2cc3cc(Cl)ccc3[nH]2)CC1. The second-order valence-corrected chi connectivity index (χ2v) is 7.21. The van der Waals surface area contributed by atoms with E-state index in [1.54, 1.807) is 0 Å². The minimum Gasteiger partial charge on any atom is -0.358 e. The molecule has 1 N–H and O–H groups in total. The van der Waals surface area contributed by atoms with Gasteiger partial charge in [0.15, 0.2) is 0 Å². The van der Waals surface area contributed by atoms with E-state index in [1.807, 2.05) is 53.4 Å². The minimum absolute atomic E-state index is 0.230. The number of nitrogens with one attached hydrogen (secondary N) is 1. The molecule has 2 aromatic carbocycles. The number of likely N-dealkylation sites (tertiary alicyclic amines) is 1. The maximum atomic E-state index is 12.5. The summed E-state index contributed by atoms with van der Waals surface area (Å²) < 4.78 is 0. The molecule has 3 aromatic rings. The summed E-state index contributed by atoms with van der Waals surface area (Å²) >= 11 is 6.08. The van der Waals surface area contributed by atoms with Crippen LogP contribution in [0.25, 0.3) is 10.9 Å². The number of hydrogen-bond acceptors (Lipinski definition) is 1. The highest BCUT2D eigenvalue weighted by atomic mass is 35.5. The van der Waals surface area contributed by atoms with Crippen molar-refractivity contribution in [1.29, 1.82) is 0 Å². The molecule has 128 valence electrons. The molecule has 0 aliphatic carbocycles. The number of hydrogen-bond donors (Lipinski definition) is 1. The summed E-state index contributed by atoms with van der Waals surface area (Å²) in [4.78, 5) is 18.0. The van der Waals surface area contributed by atoms with Crippen LogP contribution < -0.4 is 0 Å². The summed E-state index contributed by atoms with van der Waals surface area (Å²) in [5, 5.41) is 1.92. The summed E-state index contributed by atoms with van der Waals surface area (Å²) in [6.07, 6.45) is 2.50. The topological polar surface area (TPSA) is 36.1 Å². The number of benzene rings is 2. The average molecular weight is 353 g/mol. The minimum atomic E-state index is 0.230. The van der Waals surface area contributed by atoms with Crippen LogP contribution in [0.1, 0.15) is 30.0 Å². The van der Waals surface area contributed by atoms with Gasteiger partial charge < -0.3 is 9.88 Å². The predicted molar refractivity (Wildman–Crippen MR) is 102 cm³/mol. The quantitative estimate of drug-likeness (QED) is 0.724. The number of carbonyl (C=O) groups is 1. The smallest absolute Gasteiger partial charge is 0.226 e. The molecular formula is C21H21ClN2O. The fourth-order valence-corrected chi connectivity index (χ4v) is 3.85. The van der Waals surface area contributed by atoms with Gasteiger partial charge in [0.1, 0.15) is 0 Å². The first-order chi connectivity index (χ1) is 12.2. The summed E-state index contributed by atoms with van der Waals surface area (Å²) in [7, 11) is 0. The van der Waals surface area contributed by atoms with Gasteiger partial charge in [0.2, 0.25) is 5.91 Å². The highest BCUT2D eigenvalue weighted by molar-refractivity contribution is 6.31. The number of aromatic nitrogens is 1. The number of H-pyrrole nitrogens is 1. The van der Waals surface area contributed by atoms with Crippen LogP contribution in [0, 0.1) is 0 Å². The molecule has 0 radical (unpaired) electrons. The van der Waals surface area contributed by atoms with Crippen molar-refractivity contribution in [2.45, 2.75) is 25.2 Å². The van der Waals surface area contributed by atoms with E-state index in [0.29, 0.717) is 12.3 Å². The first-order valence-electron chi connectivity index (χ1n) is 8.79. The zero-order valence-corrected chi connectivity index (χ0v) is 14.8. The maximum Gasteiger partial charge on any atom is 0.226 e. The number of piperidine rings is 1. The molecule has 25 heavy (non-hydrogen) atoms. The van der Waals surface area contributed by atoms with Crippen LogP contribution in [0.5, 0.6) is 0 Å². The fraction of sp³-hybridized carbons (Fsp3) is 0.286. The molecule has 4 heteroatoms. The Morgan fingerprint density at radius 3 is 2.60 bits per heavy atom. The van der Waals surface area contributed by atoms with E-state index < -0.39 is 0 Å². The van der Waals surface area contributed by atoms with Gasteiger partial charge in [-0.15, -0.1) is 0 Å². The average Bonchev–Trinajstić information content (AvgIpc) is 3.06. The number of amides is 1. The molecule has 0 spiro atoms. The molecular weight excluding hydrogens is 332 g/mol. The first-order valence-corrected chi connectivity index (χ1v) is 9.17. The third kappa shape index (κ3) is 3.57. The Bertz CT molecular complexity index is 879. The maximum absolute atomic E-state index is 12.5. The Hall–Kier alpha value is -2.26. The summed E-state index contributed by atoms with van der Waals surface area (Å²) in [5.74, 6) is 0.708. The van der Waals surface area contributed by atoms with Crippen molar-refractivity contribution in [2.75, 3.05) is 13.1 Å². The van der Waals surface area contributed by atoms with E-state index in [2.05, 4.69) is 11.1 Å². The molecule has 2 heterocycles. The van der Waals surface area contributed by atoms with Crippen LogP contribution in [0.4, 0.5) is 0 Å². The Balaban J connectivity index is 1.39. The molecule has 1 aromatic heterocycles. The molecule has 0 bridgehead atoms. The van der Waals surface area contributed by atoms with Crippen LogP contribution >= 0.6 is 11.6 Å². The van der Waals surface area contributed by atoms with Crippen molar-refractivity contribution >= 4 is 28.4 Å². The lowest BCUT2D eigenvalue weighted by molar-refractivity contribution is -0.131. The Morgan fingerprint density at radius 2 is 1.84 bits per heavy atom. The Morgan fingerprint density at radius 1 is 1.08 bits per heavy atom. The summed E-state index contributed by atoms with van der Waals surface area (Å²) in [6, 6.07) is 18.1. The van der Waals surface area contributed by atoms with E-state index in [4.69, 9.17) is 11.6 Å². The van der Waals surface area contributed by atoms with Crippen molar-refractivity contribution in [3.8, 4) is 0 Å². The van der Waals surface area contributed by atoms with Gasteiger partial charge in [-0.05, 0) is 42.7 Å². The van der Waals surface area contributed by atoms with Gasteiger partial charge in [0, 0.05) is 40.6 Å². The van der Waals surface area contributed by atoms with Gasteiger partial charge in [-0.3, -0.25) is 4.79 Å². The van der Waals surface area contributed by atoms with Crippen molar-refractivity contribution in [1.82, 2.24) is 9.88 Å². The monoisotopic (exact) mass is 352 g/mol. The molecule has 0 saturated carbocycles. The summed E-state index contributed by atoms with van der Waals surface area (Å²) in [6.45, 7) is 1.65. The van der Waals surface area contributed by atoms with Crippen LogP contribution in [-0.2, 0) is 11.2 Å². The number of aromatic amines is 1. The van der Waals surface area contributed by atoms with Crippen LogP contribution in [0.3, 0.4) is 0 Å². The number of rotatable bonds is 3. The van der Waals surface area contributed by atoms with E-state index in [-0.39, 0.29) is 5.91 Å². The van der Waals surface area contributed by atoms with E-state index in [9.17, 15) is 4.79 Å². The van der Waals surface area contributed by atoms with E-state index in [0.717, 1.165) is 47.4 Å². The van der Waals surface area contributed by atoms with Crippen LogP contribution in [0.2, 0.25) is 5.02 Å². The molecule has 0 atom stereocenters. The van der Waals surface area contributed by atoms with Crippen molar-refractivity contribution in [3.05, 3.63) is 70.9 Å². The third-order valence-corrected chi connectivity index (χ3v) is 5.32. The predicted octanol–water partition coefficient (Wildman–Crippen LogP) is 4.77. The first kappa shape index (κ1) is 16.2. The molecule has 1 aliphatic heterocycles.